The molecule has 1 fully saturated rings. The molecule has 246 valence electrons. The molecule has 1 unspecified atom stereocenters. The molecular formula is C36H42FN5O4Si. The Balaban J connectivity index is 1.39. The van der Waals surface area contributed by atoms with E-state index in [1.54, 1.807) is 10.7 Å². The number of aldehydes is 1. The van der Waals surface area contributed by atoms with Gasteiger partial charge >= 0.3 is 0 Å². The molecule has 47 heavy (non-hydrogen) atoms. The molecule has 0 saturated carbocycles. The second-order valence-electron chi connectivity index (χ2n) is 13.2. The summed E-state index contributed by atoms with van der Waals surface area (Å²) in [7, 11) is -1.31. The summed E-state index contributed by atoms with van der Waals surface area (Å²) in [6.07, 6.45) is 3.66. The third-order valence-corrected chi connectivity index (χ3v) is 10.1. The van der Waals surface area contributed by atoms with E-state index in [0.29, 0.717) is 42.7 Å². The summed E-state index contributed by atoms with van der Waals surface area (Å²) in [5, 5.41) is 9.55. The Morgan fingerprint density at radius 3 is 2.62 bits per heavy atom. The number of benzene rings is 3. The van der Waals surface area contributed by atoms with Gasteiger partial charge in [-0.2, -0.15) is 5.10 Å². The summed E-state index contributed by atoms with van der Waals surface area (Å²) in [5.41, 5.74) is 4.67. The van der Waals surface area contributed by atoms with Gasteiger partial charge in [-0.3, -0.25) is 4.79 Å². The van der Waals surface area contributed by atoms with E-state index in [2.05, 4.69) is 36.6 Å². The fourth-order valence-corrected chi connectivity index (χ4v) is 6.60. The van der Waals surface area contributed by atoms with Crippen molar-refractivity contribution in [3.63, 3.8) is 0 Å². The predicted molar refractivity (Wildman–Crippen MR) is 183 cm³/mol. The smallest absolute Gasteiger partial charge is 0.214 e. The highest BCUT2D eigenvalue weighted by Crippen LogP contribution is 2.38. The van der Waals surface area contributed by atoms with Gasteiger partial charge in [-0.25, -0.2) is 18.7 Å². The van der Waals surface area contributed by atoms with Crippen LogP contribution in [0.15, 0.2) is 60.7 Å². The minimum absolute atomic E-state index is 0.00963. The van der Waals surface area contributed by atoms with Gasteiger partial charge in [0.05, 0.1) is 10.9 Å². The van der Waals surface area contributed by atoms with E-state index < -0.39 is 13.9 Å². The molecule has 3 heterocycles. The fraction of sp³-hybridized carbons (Fsp3) is 0.389. The minimum Gasteiger partial charge on any atom is -0.489 e. The third-order valence-electron chi connectivity index (χ3n) is 8.42. The zero-order valence-corrected chi connectivity index (χ0v) is 28.5. The molecule has 9 nitrogen and oxygen atoms in total. The van der Waals surface area contributed by atoms with Crippen LogP contribution in [0.5, 0.6) is 5.75 Å². The van der Waals surface area contributed by atoms with Crippen molar-refractivity contribution in [2.45, 2.75) is 77.9 Å². The van der Waals surface area contributed by atoms with Crippen molar-refractivity contribution in [3.05, 3.63) is 83.4 Å². The van der Waals surface area contributed by atoms with E-state index in [1.807, 2.05) is 54.6 Å². The average Bonchev–Trinajstić information content (AvgIpc) is 3.67. The standard InChI is InChI=1S/C36H42FN5O4Si/c1-5-26-19-28(46-23-25-11-7-6-8-12-25)14-15-29(26)27-20-30(37)34-31(21-27)42(33-13-9-10-16-45-33)40-35(34)36-38-32(22-43)39-41(36)24-44-17-18-47(2,3)4/h6-8,11-12,14-15,19-22,33H,5,9-10,13,16-18,23-24H2,1-4H3. The lowest BCUT2D eigenvalue weighted by molar-refractivity contribution is -0.0365. The summed E-state index contributed by atoms with van der Waals surface area (Å²) in [6, 6.07) is 20.5. The van der Waals surface area contributed by atoms with E-state index in [9.17, 15) is 4.79 Å². The van der Waals surface area contributed by atoms with Crippen LogP contribution in [0.25, 0.3) is 33.5 Å². The molecule has 0 radical (unpaired) electrons. The summed E-state index contributed by atoms with van der Waals surface area (Å²) in [5.74, 6) is 0.587. The Hall–Kier alpha value is -4.19. The quantitative estimate of drug-likeness (QED) is 0.0720. The number of rotatable bonds is 13. The topological polar surface area (TPSA) is 93.3 Å². The van der Waals surface area contributed by atoms with Gasteiger partial charge in [-0.15, -0.1) is 5.10 Å². The molecule has 0 spiro atoms. The van der Waals surface area contributed by atoms with Gasteiger partial charge in [0.15, 0.2) is 18.3 Å². The maximum Gasteiger partial charge on any atom is 0.214 e. The van der Waals surface area contributed by atoms with Gasteiger partial charge in [0, 0.05) is 21.3 Å². The van der Waals surface area contributed by atoms with Crippen molar-refractivity contribution >= 4 is 25.3 Å². The lowest BCUT2D eigenvalue weighted by Crippen LogP contribution is -2.22. The first-order valence-electron chi connectivity index (χ1n) is 16.4. The molecule has 2 aromatic heterocycles. The number of nitrogens with zero attached hydrogens (tertiary/aromatic N) is 5. The van der Waals surface area contributed by atoms with Crippen molar-refractivity contribution < 1.29 is 23.4 Å². The molecule has 0 bridgehead atoms. The van der Waals surface area contributed by atoms with Crippen LogP contribution in [0.2, 0.25) is 25.7 Å². The Morgan fingerprint density at radius 1 is 1.06 bits per heavy atom. The van der Waals surface area contributed by atoms with Crippen molar-refractivity contribution in [1.29, 1.82) is 0 Å². The van der Waals surface area contributed by atoms with Crippen molar-refractivity contribution in [1.82, 2.24) is 24.5 Å². The van der Waals surface area contributed by atoms with Crippen molar-refractivity contribution in [2.75, 3.05) is 13.2 Å². The molecule has 0 aliphatic carbocycles. The molecular weight excluding hydrogens is 614 g/mol. The number of hydrogen-bond donors (Lipinski definition) is 0. The number of aryl methyl sites for hydroxylation is 1. The second kappa shape index (κ2) is 14.3. The second-order valence-corrected chi connectivity index (χ2v) is 18.8. The average molecular weight is 656 g/mol. The number of halogens is 1. The Bertz CT molecular complexity index is 1840. The normalized spacial score (nSPS) is 15.3. The predicted octanol–water partition coefficient (Wildman–Crippen LogP) is 8.07. The molecule has 0 amide bonds. The van der Waals surface area contributed by atoms with Crippen LogP contribution in [0.1, 0.15) is 54.2 Å². The Kier molecular flexibility index (Phi) is 9.95. The minimum atomic E-state index is -1.31. The van der Waals surface area contributed by atoms with Gasteiger partial charge in [0.2, 0.25) is 5.82 Å². The number of carbonyl (C=O) groups is 1. The van der Waals surface area contributed by atoms with Crippen LogP contribution in [0, 0.1) is 5.82 Å². The molecule has 1 aliphatic rings. The lowest BCUT2D eigenvalue weighted by Gasteiger charge is -2.23. The fourth-order valence-electron chi connectivity index (χ4n) is 5.85. The summed E-state index contributed by atoms with van der Waals surface area (Å²) >= 11 is 0. The summed E-state index contributed by atoms with van der Waals surface area (Å²) in [4.78, 5) is 16.2. The molecule has 0 N–H and O–H groups in total. The first kappa shape index (κ1) is 32.7. The van der Waals surface area contributed by atoms with Crippen molar-refractivity contribution in [2.24, 2.45) is 0 Å². The number of carbonyl (C=O) groups excluding carboxylic acids is 1. The highest BCUT2D eigenvalue weighted by atomic mass is 28.3. The van der Waals surface area contributed by atoms with Gasteiger partial charge in [-0.1, -0.05) is 63.0 Å². The summed E-state index contributed by atoms with van der Waals surface area (Å²) in [6.45, 7) is 10.6. The van der Waals surface area contributed by atoms with Crippen LogP contribution < -0.4 is 4.74 Å². The van der Waals surface area contributed by atoms with E-state index in [0.717, 1.165) is 59.7 Å². The van der Waals surface area contributed by atoms with Crippen LogP contribution >= 0.6 is 0 Å². The molecule has 11 heteroatoms. The number of aromatic nitrogens is 5. The Morgan fingerprint density at radius 2 is 1.89 bits per heavy atom. The van der Waals surface area contributed by atoms with Crippen LogP contribution in [-0.4, -0.2) is 52.1 Å². The first-order valence-corrected chi connectivity index (χ1v) is 20.1. The van der Waals surface area contributed by atoms with Gasteiger partial charge in [0.25, 0.3) is 0 Å². The summed E-state index contributed by atoms with van der Waals surface area (Å²) < 4.78 is 37.9. The maximum atomic E-state index is 16.5. The number of hydrogen-bond acceptors (Lipinski definition) is 7. The number of fused-ring (bicyclic) bond motifs is 1. The molecule has 1 atom stereocenters. The largest absolute Gasteiger partial charge is 0.489 e. The molecule has 1 saturated heterocycles. The zero-order chi connectivity index (χ0) is 33.0. The lowest BCUT2D eigenvalue weighted by atomic mass is 9.96. The number of ether oxygens (including phenoxy) is 3. The highest BCUT2D eigenvalue weighted by molar-refractivity contribution is 6.76. The monoisotopic (exact) mass is 655 g/mol. The molecule has 5 aromatic rings. The van der Waals surface area contributed by atoms with E-state index in [4.69, 9.17) is 19.3 Å². The van der Waals surface area contributed by atoms with Crippen LogP contribution in [-0.2, 0) is 29.2 Å². The van der Waals surface area contributed by atoms with Crippen LogP contribution in [0.4, 0.5) is 4.39 Å². The zero-order valence-electron chi connectivity index (χ0n) is 27.5. The van der Waals surface area contributed by atoms with Gasteiger partial charge in [-0.05, 0) is 78.2 Å². The van der Waals surface area contributed by atoms with Gasteiger partial charge < -0.3 is 14.2 Å². The SMILES string of the molecule is CCc1cc(OCc2ccccc2)ccc1-c1cc(F)c2c(-c3nc(C=O)nn3COCC[Si](C)(C)C)nn(C3CCCCO3)c2c1. The van der Waals surface area contributed by atoms with Crippen molar-refractivity contribution in [3.8, 4) is 28.4 Å². The molecule has 6 rings (SSSR count). The third kappa shape index (κ3) is 7.53. The molecule has 1 aliphatic heterocycles. The highest BCUT2D eigenvalue weighted by Gasteiger charge is 2.28. The van der Waals surface area contributed by atoms with Gasteiger partial charge in [0.1, 0.15) is 30.6 Å². The maximum absolute atomic E-state index is 16.5. The van der Waals surface area contributed by atoms with E-state index in [1.165, 1.54) is 4.68 Å². The van der Waals surface area contributed by atoms with Crippen LogP contribution in [0.3, 0.4) is 0 Å². The van der Waals surface area contributed by atoms with E-state index >= 15 is 4.39 Å². The Labute approximate surface area is 275 Å². The molecule has 3 aromatic carbocycles. The van der Waals surface area contributed by atoms with E-state index in [-0.39, 0.29) is 24.6 Å². The first-order chi connectivity index (χ1) is 22.7.